The summed E-state index contributed by atoms with van der Waals surface area (Å²) >= 11 is 3.15. The van der Waals surface area contributed by atoms with Crippen LogP contribution >= 0.6 is 15.9 Å². The van der Waals surface area contributed by atoms with E-state index in [1.807, 2.05) is 30.3 Å². The Hall–Kier alpha value is -2.86. The van der Waals surface area contributed by atoms with E-state index in [-0.39, 0.29) is 17.5 Å². The number of benzene rings is 2. The van der Waals surface area contributed by atoms with Gasteiger partial charge in [-0.1, -0.05) is 30.3 Å². The molecule has 0 saturated carbocycles. The van der Waals surface area contributed by atoms with Crippen LogP contribution in [0.3, 0.4) is 0 Å². The first-order valence-electron chi connectivity index (χ1n) is 12.3. The molecule has 2 aromatic carbocycles. The van der Waals surface area contributed by atoms with Gasteiger partial charge in [0, 0.05) is 44.5 Å². The van der Waals surface area contributed by atoms with Crippen LogP contribution in [0.25, 0.3) is 0 Å². The summed E-state index contributed by atoms with van der Waals surface area (Å²) < 4.78 is 67.0. The SMILES string of the molecule is O=C(OCc1ccccc1)N1CCC2(CC1)CC(N1C[C@@H](C(F)(F)F)NCC1=O)c1cc(F)c(Br)cc1O2. The van der Waals surface area contributed by atoms with Crippen molar-refractivity contribution in [2.45, 2.75) is 49.7 Å². The number of rotatable bonds is 3. The van der Waals surface area contributed by atoms with Gasteiger partial charge in [0.1, 0.15) is 29.8 Å². The number of piperazine rings is 1. The third kappa shape index (κ3) is 5.47. The largest absolute Gasteiger partial charge is 0.487 e. The highest BCUT2D eigenvalue weighted by molar-refractivity contribution is 9.10. The quantitative estimate of drug-likeness (QED) is 0.506. The minimum absolute atomic E-state index is 0.137. The van der Waals surface area contributed by atoms with Gasteiger partial charge in [0.15, 0.2) is 0 Å². The number of carbonyl (C=O) groups excluding carboxylic acids is 2. The average Bonchev–Trinajstić information content (AvgIpc) is 2.89. The van der Waals surface area contributed by atoms with E-state index in [9.17, 15) is 27.2 Å². The Labute approximate surface area is 225 Å². The van der Waals surface area contributed by atoms with Crippen LogP contribution < -0.4 is 10.1 Å². The number of piperidine rings is 1. The molecule has 1 N–H and O–H groups in total. The van der Waals surface area contributed by atoms with Crippen LogP contribution in [0.2, 0.25) is 0 Å². The minimum atomic E-state index is -4.54. The standard InChI is InChI=1S/C26H26BrF4N3O4/c27-18-11-21-17(10-19(18)28)20(34-14-22(26(29,30)31)32-13-23(34)35)12-25(38-21)6-8-33(9-7-25)24(36)37-15-16-4-2-1-3-5-16/h1-5,10-11,20,22,32H,6-9,12-15H2/t20?,22-/m0/s1. The van der Waals surface area contributed by atoms with Gasteiger partial charge in [0.2, 0.25) is 5.91 Å². The van der Waals surface area contributed by atoms with Gasteiger partial charge >= 0.3 is 12.3 Å². The van der Waals surface area contributed by atoms with Crippen molar-refractivity contribution >= 4 is 27.9 Å². The number of hydrogen-bond acceptors (Lipinski definition) is 5. The molecule has 0 bridgehead atoms. The van der Waals surface area contributed by atoms with Crippen molar-refractivity contribution in [1.29, 1.82) is 0 Å². The van der Waals surface area contributed by atoms with Crippen LogP contribution in [-0.4, -0.2) is 65.8 Å². The molecule has 1 unspecified atom stereocenters. The molecule has 2 atom stereocenters. The van der Waals surface area contributed by atoms with Crippen LogP contribution in [0.1, 0.15) is 36.4 Å². The van der Waals surface area contributed by atoms with Crippen LogP contribution in [0.4, 0.5) is 22.4 Å². The van der Waals surface area contributed by atoms with Gasteiger partial charge in [-0.15, -0.1) is 0 Å². The third-order valence-corrected chi connectivity index (χ3v) is 8.02. The van der Waals surface area contributed by atoms with Crippen molar-refractivity contribution in [1.82, 2.24) is 15.1 Å². The monoisotopic (exact) mass is 599 g/mol. The van der Waals surface area contributed by atoms with Gasteiger partial charge in [-0.3, -0.25) is 10.1 Å². The number of likely N-dealkylation sites (tertiary alicyclic amines) is 1. The fourth-order valence-corrected chi connectivity index (χ4v) is 5.64. The molecule has 1 spiro atoms. The summed E-state index contributed by atoms with van der Waals surface area (Å²) in [5, 5.41) is 2.25. The summed E-state index contributed by atoms with van der Waals surface area (Å²) in [4.78, 5) is 28.2. The van der Waals surface area contributed by atoms with E-state index in [1.54, 1.807) is 4.90 Å². The first kappa shape index (κ1) is 26.7. The van der Waals surface area contributed by atoms with Gasteiger partial charge in [0.05, 0.1) is 17.1 Å². The van der Waals surface area contributed by atoms with Crippen molar-refractivity contribution in [3.8, 4) is 5.75 Å². The second-order valence-electron chi connectivity index (χ2n) is 9.86. The summed E-state index contributed by atoms with van der Waals surface area (Å²) in [7, 11) is 0. The number of hydrogen-bond donors (Lipinski definition) is 1. The molecule has 3 aliphatic rings. The fourth-order valence-electron chi connectivity index (χ4n) is 5.32. The number of fused-ring (bicyclic) bond motifs is 1. The molecular weight excluding hydrogens is 574 g/mol. The van der Waals surface area contributed by atoms with Crippen molar-refractivity contribution < 1.29 is 36.6 Å². The lowest BCUT2D eigenvalue weighted by atomic mass is 9.79. The number of alkyl halides is 3. The number of nitrogens with zero attached hydrogens (tertiary/aromatic N) is 2. The Morgan fingerprint density at radius 3 is 2.58 bits per heavy atom. The predicted octanol–water partition coefficient (Wildman–Crippen LogP) is 4.95. The molecule has 2 saturated heterocycles. The van der Waals surface area contributed by atoms with Crippen molar-refractivity contribution in [2.24, 2.45) is 0 Å². The molecule has 0 radical (unpaired) electrons. The van der Waals surface area contributed by atoms with Crippen molar-refractivity contribution in [3.63, 3.8) is 0 Å². The van der Waals surface area contributed by atoms with Gasteiger partial charge in [-0.05, 0) is 33.6 Å². The molecule has 3 heterocycles. The van der Waals surface area contributed by atoms with Crippen LogP contribution in [-0.2, 0) is 16.1 Å². The number of ether oxygens (including phenoxy) is 2. The molecule has 12 heteroatoms. The average molecular weight is 600 g/mol. The van der Waals surface area contributed by atoms with E-state index in [2.05, 4.69) is 21.2 Å². The second-order valence-corrected chi connectivity index (χ2v) is 10.7. The molecule has 204 valence electrons. The summed E-state index contributed by atoms with van der Waals surface area (Å²) in [6, 6.07) is 9.26. The summed E-state index contributed by atoms with van der Waals surface area (Å²) in [5.41, 5.74) is 0.349. The Morgan fingerprint density at radius 2 is 1.89 bits per heavy atom. The minimum Gasteiger partial charge on any atom is -0.487 e. The van der Waals surface area contributed by atoms with E-state index in [0.717, 1.165) is 5.56 Å². The molecular formula is C26H26BrF4N3O4. The van der Waals surface area contributed by atoms with E-state index >= 15 is 0 Å². The van der Waals surface area contributed by atoms with E-state index in [4.69, 9.17) is 9.47 Å². The van der Waals surface area contributed by atoms with Crippen molar-refractivity contribution in [2.75, 3.05) is 26.2 Å². The van der Waals surface area contributed by atoms with Crippen LogP contribution in [0, 0.1) is 5.82 Å². The zero-order valence-corrected chi connectivity index (χ0v) is 21.9. The normalized spacial score (nSPS) is 23.1. The Bertz CT molecular complexity index is 1200. The topological polar surface area (TPSA) is 71.1 Å². The summed E-state index contributed by atoms with van der Waals surface area (Å²) in [6.07, 6.45) is -4.07. The molecule has 0 aliphatic carbocycles. The van der Waals surface area contributed by atoms with Gasteiger partial charge in [0.25, 0.3) is 0 Å². The van der Waals surface area contributed by atoms with E-state index in [1.165, 1.54) is 17.0 Å². The predicted molar refractivity (Wildman–Crippen MR) is 132 cm³/mol. The van der Waals surface area contributed by atoms with Crippen LogP contribution in [0.15, 0.2) is 46.9 Å². The highest BCUT2D eigenvalue weighted by Gasteiger charge is 2.50. The molecule has 38 heavy (non-hydrogen) atoms. The lowest BCUT2D eigenvalue weighted by Crippen LogP contribution is -2.61. The van der Waals surface area contributed by atoms with Crippen LogP contribution in [0.5, 0.6) is 5.75 Å². The number of carbonyl (C=O) groups is 2. The number of amides is 2. The second kappa shape index (κ2) is 10.4. The highest BCUT2D eigenvalue weighted by Crippen LogP contribution is 2.48. The third-order valence-electron chi connectivity index (χ3n) is 7.41. The van der Waals surface area contributed by atoms with E-state index in [0.29, 0.717) is 37.2 Å². The lowest BCUT2D eigenvalue weighted by Gasteiger charge is -2.50. The highest BCUT2D eigenvalue weighted by atomic mass is 79.9. The number of nitrogens with one attached hydrogen (secondary N) is 1. The molecule has 2 aromatic rings. The first-order valence-corrected chi connectivity index (χ1v) is 13.1. The Kier molecular flexibility index (Phi) is 7.29. The smallest absolute Gasteiger partial charge is 0.410 e. The van der Waals surface area contributed by atoms with E-state index < -0.39 is 54.8 Å². The molecule has 2 fully saturated rings. The summed E-state index contributed by atoms with van der Waals surface area (Å²) in [6.45, 7) is -0.308. The number of halogens is 5. The first-order chi connectivity index (χ1) is 18.0. The zero-order chi connectivity index (χ0) is 27.1. The molecule has 2 amide bonds. The maximum Gasteiger partial charge on any atom is 0.410 e. The summed E-state index contributed by atoms with van der Waals surface area (Å²) in [5.74, 6) is -0.785. The van der Waals surface area contributed by atoms with Crippen molar-refractivity contribution in [3.05, 3.63) is 63.9 Å². The van der Waals surface area contributed by atoms with Gasteiger partial charge < -0.3 is 19.3 Å². The zero-order valence-electron chi connectivity index (χ0n) is 20.3. The maximum atomic E-state index is 14.5. The van der Waals surface area contributed by atoms with Gasteiger partial charge in [-0.25, -0.2) is 9.18 Å². The molecule has 3 aliphatic heterocycles. The molecule has 5 rings (SSSR count). The molecule has 7 nitrogen and oxygen atoms in total. The fraction of sp³-hybridized carbons (Fsp3) is 0.462. The van der Waals surface area contributed by atoms with Gasteiger partial charge in [-0.2, -0.15) is 13.2 Å². The Morgan fingerprint density at radius 1 is 1.18 bits per heavy atom. The maximum absolute atomic E-state index is 14.5. The lowest BCUT2D eigenvalue weighted by molar-refractivity contribution is -0.174. The Balaban J connectivity index is 1.34. The molecule has 0 aromatic heterocycles.